The van der Waals surface area contributed by atoms with Gasteiger partial charge in [0.1, 0.15) is 0 Å². The van der Waals surface area contributed by atoms with Crippen LogP contribution in [0.5, 0.6) is 0 Å². The average Bonchev–Trinajstić information content (AvgIpc) is 2.38. The molecule has 11 heavy (non-hydrogen) atoms. The molecule has 0 aliphatic carbocycles. The van der Waals surface area contributed by atoms with Crippen molar-refractivity contribution in [3.8, 4) is 12.5 Å². The quantitative estimate of drug-likeness (QED) is 0.321. The molecule has 0 radical (unpaired) electrons. The van der Waals surface area contributed by atoms with Crippen molar-refractivity contribution in [1.82, 2.24) is 5.32 Å². The molecule has 0 saturated carbocycles. The van der Waals surface area contributed by atoms with Gasteiger partial charge in [-0.25, -0.2) is 0 Å². The van der Waals surface area contributed by atoms with E-state index in [2.05, 4.69) is 11.4 Å². The van der Waals surface area contributed by atoms with E-state index < -0.39 is 5.97 Å². The van der Waals surface area contributed by atoms with Crippen LogP contribution >= 0.6 is 0 Å². The largest absolute Gasteiger partial charge is 0.346 e. The van der Waals surface area contributed by atoms with Gasteiger partial charge in [0, 0.05) is 19.0 Å². The molecule has 1 aliphatic rings. The van der Waals surface area contributed by atoms with E-state index in [4.69, 9.17) is 15.9 Å². The van der Waals surface area contributed by atoms with Crippen LogP contribution in [0.15, 0.2) is 0 Å². The van der Waals surface area contributed by atoms with Gasteiger partial charge in [-0.05, 0) is 0 Å². The van der Waals surface area contributed by atoms with Crippen LogP contribution in [0.2, 0.25) is 0 Å². The second-order valence-corrected chi connectivity index (χ2v) is 2.23. The highest BCUT2D eigenvalue weighted by molar-refractivity contribution is 4.80. The third kappa shape index (κ3) is 2.39. The van der Waals surface area contributed by atoms with Crippen LogP contribution in [0.1, 0.15) is 6.42 Å². The summed E-state index contributed by atoms with van der Waals surface area (Å²) >= 11 is 0. The molecule has 0 atom stereocenters. The van der Waals surface area contributed by atoms with Crippen LogP contribution in [0.3, 0.4) is 0 Å². The SMILES string of the molecule is C#CNCCC1(O)OCCO1. The summed E-state index contributed by atoms with van der Waals surface area (Å²) in [5.74, 6) is -1.41. The Kier molecular flexibility index (Phi) is 2.71. The monoisotopic (exact) mass is 157 g/mol. The van der Waals surface area contributed by atoms with E-state index in [1.54, 1.807) is 0 Å². The van der Waals surface area contributed by atoms with Crippen LogP contribution in [0, 0.1) is 12.5 Å². The molecule has 4 nitrogen and oxygen atoms in total. The van der Waals surface area contributed by atoms with Crippen molar-refractivity contribution >= 4 is 0 Å². The summed E-state index contributed by atoms with van der Waals surface area (Å²) in [7, 11) is 0. The minimum absolute atomic E-state index is 0.344. The predicted octanol–water partition coefficient (Wildman–Crippen LogP) is -0.750. The summed E-state index contributed by atoms with van der Waals surface area (Å²) in [5.41, 5.74) is 0. The number of terminal acetylenes is 1. The van der Waals surface area contributed by atoms with Gasteiger partial charge < -0.3 is 19.9 Å². The first-order valence-corrected chi connectivity index (χ1v) is 3.45. The van der Waals surface area contributed by atoms with Gasteiger partial charge in [-0.1, -0.05) is 6.42 Å². The Labute approximate surface area is 65.5 Å². The van der Waals surface area contributed by atoms with Crippen molar-refractivity contribution in [2.75, 3.05) is 19.8 Å². The van der Waals surface area contributed by atoms with Gasteiger partial charge in [-0.2, -0.15) is 0 Å². The molecule has 0 aromatic rings. The first-order valence-electron chi connectivity index (χ1n) is 3.45. The zero-order chi connectivity index (χ0) is 8.16. The average molecular weight is 157 g/mol. The topological polar surface area (TPSA) is 50.7 Å². The molecule has 0 bridgehead atoms. The summed E-state index contributed by atoms with van der Waals surface area (Å²) in [4.78, 5) is 0. The van der Waals surface area contributed by atoms with Crippen LogP contribution < -0.4 is 5.32 Å². The molecule has 0 aromatic carbocycles. The van der Waals surface area contributed by atoms with Gasteiger partial charge >= 0.3 is 0 Å². The summed E-state index contributed by atoms with van der Waals surface area (Å²) < 4.78 is 9.82. The van der Waals surface area contributed by atoms with Crippen molar-refractivity contribution in [1.29, 1.82) is 0 Å². The molecule has 1 heterocycles. The highest BCUT2D eigenvalue weighted by Gasteiger charge is 2.33. The number of ether oxygens (including phenoxy) is 2. The standard InChI is InChI=1S/C7H11NO3/c1-2-8-4-3-7(9)10-5-6-11-7/h1,8-9H,3-6H2. The van der Waals surface area contributed by atoms with Crippen molar-refractivity contribution < 1.29 is 14.6 Å². The van der Waals surface area contributed by atoms with E-state index in [0.717, 1.165) is 0 Å². The first-order chi connectivity index (χ1) is 5.27. The zero-order valence-electron chi connectivity index (χ0n) is 6.17. The Morgan fingerprint density at radius 3 is 2.73 bits per heavy atom. The maximum atomic E-state index is 9.36. The van der Waals surface area contributed by atoms with Gasteiger partial charge in [-0.15, -0.1) is 0 Å². The van der Waals surface area contributed by atoms with Gasteiger partial charge in [0.05, 0.1) is 13.2 Å². The third-order valence-electron chi connectivity index (χ3n) is 1.41. The van der Waals surface area contributed by atoms with Gasteiger partial charge in [0.25, 0.3) is 5.97 Å². The Morgan fingerprint density at radius 2 is 2.18 bits per heavy atom. The minimum atomic E-state index is -1.41. The minimum Gasteiger partial charge on any atom is -0.346 e. The Morgan fingerprint density at radius 1 is 1.55 bits per heavy atom. The summed E-state index contributed by atoms with van der Waals surface area (Å²) in [6.07, 6.45) is 5.28. The van der Waals surface area contributed by atoms with Crippen molar-refractivity contribution in [3.05, 3.63) is 0 Å². The van der Waals surface area contributed by atoms with Crippen molar-refractivity contribution in [2.45, 2.75) is 12.4 Å². The third-order valence-corrected chi connectivity index (χ3v) is 1.41. The molecule has 2 N–H and O–H groups in total. The maximum absolute atomic E-state index is 9.36. The Hall–Kier alpha value is -0.760. The van der Waals surface area contributed by atoms with E-state index in [1.807, 2.05) is 0 Å². The molecule has 0 spiro atoms. The fourth-order valence-electron chi connectivity index (χ4n) is 0.881. The van der Waals surface area contributed by atoms with E-state index >= 15 is 0 Å². The second kappa shape index (κ2) is 3.58. The second-order valence-electron chi connectivity index (χ2n) is 2.23. The normalized spacial score (nSPS) is 21.1. The van der Waals surface area contributed by atoms with E-state index in [-0.39, 0.29) is 0 Å². The lowest BCUT2D eigenvalue weighted by molar-refractivity contribution is -0.307. The Balaban J connectivity index is 2.19. The van der Waals surface area contributed by atoms with Gasteiger partial charge in [0.2, 0.25) is 0 Å². The highest BCUT2D eigenvalue weighted by Crippen LogP contribution is 2.18. The molecular formula is C7H11NO3. The van der Waals surface area contributed by atoms with Gasteiger partial charge in [0.15, 0.2) is 0 Å². The lowest BCUT2D eigenvalue weighted by Gasteiger charge is -2.19. The number of nitrogens with one attached hydrogen (secondary N) is 1. The summed E-state index contributed by atoms with van der Waals surface area (Å²) in [5, 5.41) is 12.0. The van der Waals surface area contributed by atoms with Gasteiger partial charge in [-0.3, -0.25) is 0 Å². The fraction of sp³-hybridized carbons (Fsp3) is 0.714. The van der Waals surface area contributed by atoms with Crippen LogP contribution in [-0.2, 0) is 9.47 Å². The lowest BCUT2D eigenvalue weighted by Crippen LogP contribution is -2.32. The number of rotatable bonds is 3. The van der Waals surface area contributed by atoms with Crippen molar-refractivity contribution in [2.24, 2.45) is 0 Å². The molecule has 0 unspecified atom stereocenters. The van der Waals surface area contributed by atoms with E-state index in [1.165, 1.54) is 0 Å². The molecular weight excluding hydrogens is 146 g/mol. The van der Waals surface area contributed by atoms with Crippen LogP contribution in [0.25, 0.3) is 0 Å². The molecule has 1 fully saturated rings. The lowest BCUT2D eigenvalue weighted by atomic mass is 10.4. The molecule has 0 amide bonds. The fourth-order valence-corrected chi connectivity index (χ4v) is 0.881. The zero-order valence-corrected chi connectivity index (χ0v) is 6.17. The van der Waals surface area contributed by atoms with E-state index in [0.29, 0.717) is 26.2 Å². The molecule has 0 aromatic heterocycles. The predicted molar refractivity (Wildman–Crippen MR) is 38.3 cm³/mol. The molecule has 1 aliphatic heterocycles. The smallest absolute Gasteiger partial charge is 0.282 e. The summed E-state index contributed by atoms with van der Waals surface area (Å²) in [6, 6.07) is 2.24. The van der Waals surface area contributed by atoms with Crippen LogP contribution in [-0.4, -0.2) is 30.8 Å². The van der Waals surface area contributed by atoms with E-state index in [9.17, 15) is 5.11 Å². The number of hydrogen-bond donors (Lipinski definition) is 2. The number of aliphatic hydroxyl groups is 1. The summed E-state index contributed by atoms with van der Waals surface area (Å²) in [6.45, 7) is 1.35. The molecule has 1 rings (SSSR count). The maximum Gasteiger partial charge on any atom is 0.282 e. The van der Waals surface area contributed by atoms with Crippen molar-refractivity contribution in [3.63, 3.8) is 0 Å². The molecule has 62 valence electrons. The first kappa shape index (κ1) is 8.34. The van der Waals surface area contributed by atoms with Crippen LogP contribution in [0.4, 0.5) is 0 Å². The number of hydrogen-bond acceptors (Lipinski definition) is 4. The highest BCUT2D eigenvalue weighted by atomic mass is 16.8. The molecule has 1 saturated heterocycles. The molecule has 4 heteroatoms. The Bertz CT molecular complexity index is 158.